The number of nitrogens with zero attached hydrogens (tertiary/aromatic N) is 2. The summed E-state index contributed by atoms with van der Waals surface area (Å²) in [5.41, 5.74) is 2.28. The fourth-order valence-corrected chi connectivity index (χ4v) is 3.86. The van der Waals surface area contributed by atoms with Gasteiger partial charge < -0.3 is 15.5 Å². The number of nitrogens with one attached hydrogen (secondary N) is 2. The van der Waals surface area contributed by atoms with Crippen molar-refractivity contribution < 1.29 is 14.4 Å². The number of aromatic nitrogens is 1. The number of anilines is 2. The number of hydrogen-bond donors (Lipinski definition) is 2. The van der Waals surface area contributed by atoms with Crippen LogP contribution in [0.1, 0.15) is 47.7 Å². The third-order valence-electron chi connectivity index (χ3n) is 4.69. The van der Waals surface area contributed by atoms with E-state index in [1.807, 2.05) is 5.38 Å². The summed E-state index contributed by atoms with van der Waals surface area (Å²) in [4.78, 5) is 42.1. The van der Waals surface area contributed by atoms with E-state index in [0.717, 1.165) is 30.6 Å². The van der Waals surface area contributed by atoms with E-state index in [2.05, 4.69) is 15.6 Å². The number of hydrogen-bond acceptors (Lipinski definition) is 5. The van der Waals surface area contributed by atoms with Crippen LogP contribution in [0.2, 0.25) is 0 Å². The van der Waals surface area contributed by atoms with Crippen molar-refractivity contribution in [2.45, 2.75) is 31.6 Å². The van der Waals surface area contributed by atoms with Crippen LogP contribution in [0.15, 0.2) is 29.6 Å². The van der Waals surface area contributed by atoms with Crippen molar-refractivity contribution in [3.63, 3.8) is 0 Å². The summed E-state index contributed by atoms with van der Waals surface area (Å²) in [5, 5.41) is 7.85. The van der Waals surface area contributed by atoms with Gasteiger partial charge in [-0.1, -0.05) is 0 Å². The Balaban J connectivity index is 1.28. The highest BCUT2D eigenvalue weighted by molar-refractivity contribution is 7.13. The Morgan fingerprint density at radius 3 is 2.67 bits per heavy atom. The van der Waals surface area contributed by atoms with Gasteiger partial charge in [-0.05, 0) is 43.5 Å². The molecule has 4 rings (SSSR count). The minimum Gasteiger partial charge on any atom is -0.343 e. The molecule has 7 nitrogen and oxygen atoms in total. The van der Waals surface area contributed by atoms with Crippen LogP contribution < -0.4 is 15.5 Å². The monoisotopic (exact) mass is 384 g/mol. The molecular weight excluding hydrogens is 364 g/mol. The van der Waals surface area contributed by atoms with Gasteiger partial charge in [-0.3, -0.25) is 14.4 Å². The van der Waals surface area contributed by atoms with Crippen LogP contribution in [0.5, 0.6) is 0 Å². The molecule has 0 unspecified atom stereocenters. The average Bonchev–Trinajstić information content (AvgIpc) is 3.28. The Morgan fingerprint density at radius 2 is 2.00 bits per heavy atom. The first-order valence-electron chi connectivity index (χ1n) is 9.04. The summed E-state index contributed by atoms with van der Waals surface area (Å²) >= 11 is 1.40. The lowest BCUT2D eigenvalue weighted by molar-refractivity contribution is -0.117. The normalized spacial score (nSPS) is 16.4. The third kappa shape index (κ3) is 4.16. The lowest BCUT2D eigenvalue weighted by Crippen LogP contribution is -2.32. The molecule has 27 heavy (non-hydrogen) atoms. The maximum atomic E-state index is 12.2. The molecule has 2 aromatic rings. The van der Waals surface area contributed by atoms with Crippen molar-refractivity contribution in [1.82, 2.24) is 10.3 Å². The van der Waals surface area contributed by atoms with E-state index in [0.29, 0.717) is 29.6 Å². The molecule has 1 aliphatic heterocycles. The molecule has 2 aliphatic rings. The first kappa shape index (κ1) is 17.7. The summed E-state index contributed by atoms with van der Waals surface area (Å²) in [6.45, 7) is 0.591. The van der Waals surface area contributed by atoms with Crippen LogP contribution in [0.25, 0.3) is 0 Å². The quantitative estimate of drug-likeness (QED) is 0.801. The fourth-order valence-electron chi connectivity index (χ4n) is 3.05. The van der Waals surface area contributed by atoms with Gasteiger partial charge in [0.05, 0.1) is 12.2 Å². The number of amides is 3. The van der Waals surface area contributed by atoms with Crippen LogP contribution in [-0.4, -0.2) is 35.8 Å². The van der Waals surface area contributed by atoms with Gasteiger partial charge >= 0.3 is 0 Å². The molecule has 1 aromatic heterocycles. The Morgan fingerprint density at radius 1 is 1.22 bits per heavy atom. The largest absolute Gasteiger partial charge is 0.343 e. The van der Waals surface area contributed by atoms with Gasteiger partial charge in [-0.25, -0.2) is 4.98 Å². The van der Waals surface area contributed by atoms with E-state index >= 15 is 0 Å². The zero-order chi connectivity index (χ0) is 18.8. The van der Waals surface area contributed by atoms with Gasteiger partial charge in [0.15, 0.2) is 5.13 Å². The standard InChI is InChI=1S/C19H20N4O3S/c24-16(22-19-21-15(11-27-19)12-3-4-12)10-20-18(26)13-5-7-14(8-6-13)23-9-1-2-17(23)25/h5-8,11-12H,1-4,9-10H2,(H,20,26)(H,21,22,24). The van der Waals surface area contributed by atoms with E-state index in [9.17, 15) is 14.4 Å². The number of rotatable bonds is 6. The van der Waals surface area contributed by atoms with E-state index < -0.39 is 0 Å². The van der Waals surface area contributed by atoms with Gasteiger partial charge in [-0.2, -0.15) is 0 Å². The maximum Gasteiger partial charge on any atom is 0.251 e. The summed E-state index contributed by atoms with van der Waals surface area (Å²) < 4.78 is 0. The Labute approximate surface area is 160 Å². The zero-order valence-corrected chi connectivity index (χ0v) is 15.6. The van der Waals surface area contributed by atoms with Gasteiger partial charge in [0.2, 0.25) is 11.8 Å². The Hall–Kier alpha value is -2.74. The van der Waals surface area contributed by atoms with Crippen molar-refractivity contribution in [2.24, 2.45) is 0 Å². The molecule has 8 heteroatoms. The molecule has 2 heterocycles. The summed E-state index contributed by atoms with van der Waals surface area (Å²) in [7, 11) is 0. The van der Waals surface area contributed by atoms with Crippen molar-refractivity contribution in [3.8, 4) is 0 Å². The highest BCUT2D eigenvalue weighted by Crippen LogP contribution is 2.40. The molecular formula is C19H20N4O3S. The molecule has 0 bridgehead atoms. The zero-order valence-electron chi connectivity index (χ0n) is 14.7. The second-order valence-corrected chi connectivity index (χ2v) is 7.64. The first-order valence-corrected chi connectivity index (χ1v) is 9.92. The highest BCUT2D eigenvalue weighted by atomic mass is 32.1. The second-order valence-electron chi connectivity index (χ2n) is 6.78. The minimum atomic E-state index is -0.331. The van der Waals surface area contributed by atoms with E-state index in [1.165, 1.54) is 11.3 Å². The summed E-state index contributed by atoms with van der Waals surface area (Å²) in [6, 6.07) is 6.84. The van der Waals surface area contributed by atoms with Crippen molar-refractivity contribution in [3.05, 3.63) is 40.9 Å². The highest BCUT2D eigenvalue weighted by Gasteiger charge is 2.26. The fraction of sp³-hybridized carbons (Fsp3) is 0.368. The third-order valence-corrected chi connectivity index (χ3v) is 5.46. The van der Waals surface area contributed by atoms with Gasteiger partial charge in [-0.15, -0.1) is 11.3 Å². The first-order chi connectivity index (χ1) is 13.1. The van der Waals surface area contributed by atoms with Crippen molar-refractivity contribution in [2.75, 3.05) is 23.3 Å². The van der Waals surface area contributed by atoms with Crippen LogP contribution in [0, 0.1) is 0 Å². The molecule has 2 N–H and O–H groups in total. The number of carbonyl (C=O) groups is 3. The lowest BCUT2D eigenvalue weighted by atomic mass is 10.2. The Bertz CT molecular complexity index is 873. The SMILES string of the molecule is O=C(CNC(=O)c1ccc(N2CCCC2=O)cc1)Nc1nc(C2CC2)cs1. The van der Waals surface area contributed by atoms with Gasteiger partial charge in [0.1, 0.15) is 0 Å². The molecule has 2 fully saturated rings. The predicted octanol–water partition coefficient (Wildman–Crippen LogP) is 2.52. The smallest absolute Gasteiger partial charge is 0.251 e. The molecule has 1 aliphatic carbocycles. The van der Waals surface area contributed by atoms with E-state index in [-0.39, 0.29) is 24.3 Å². The number of benzene rings is 1. The number of thiazole rings is 1. The molecule has 0 radical (unpaired) electrons. The van der Waals surface area contributed by atoms with Crippen LogP contribution in [-0.2, 0) is 9.59 Å². The lowest BCUT2D eigenvalue weighted by Gasteiger charge is -2.15. The van der Waals surface area contributed by atoms with Gasteiger partial charge in [0, 0.05) is 35.5 Å². The predicted molar refractivity (Wildman–Crippen MR) is 103 cm³/mol. The van der Waals surface area contributed by atoms with Crippen LogP contribution in [0.4, 0.5) is 10.8 Å². The summed E-state index contributed by atoms with van der Waals surface area (Å²) in [5.74, 6) is 0.0166. The molecule has 1 saturated heterocycles. The molecule has 140 valence electrons. The van der Waals surface area contributed by atoms with E-state index in [1.54, 1.807) is 29.2 Å². The second kappa shape index (κ2) is 7.48. The van der Waals surface area contributed by atoms with Crippen LogP contribution in [0.3, 0.4) is 0 Å². The molecule has 1 saturated carbocycles. The van der Waals surface area contributed by atoms with E-state index in [4.69, 9.17) is 0 Å². The molecule has 1 aromatic carbocycles. The minimum absolute atomic E-state index is 0.107. The van der Waals surface area contributed by atoms with Crippen LogP contribution >= 0.6 is 11.3 Å². The summed E-state index contributed by atoms with van der Waals surface area (Å²) in [6.07, 6.45) is 3.76. The number of carbonyl (C=O) groups excluding carboxylic acids is 3. The molecule has 3 amide bonds. The molecule has 0 spiro atoms. The van der Waals surface area contributed by atoms with Crippen molar-refractivity contribution >= 4 is 39.9 Å². The van der Waals surface area contributed by atoms with Crippen molar-refractivity contribution in [1.29, 1.82) is 0 Å². The molecule has 0 atom stereocenters. The average molecular weight is 384 g/mol. The maximum absolute atomic E-state index is 12.2. The van der Waals surface area contributed by atoms with Gasteiger partial charge in [0.25, 0.3) is 5.91 Å². The Kier molecular flexibility index (Phi) is 4.89. The topological polar surface area (TPSA) is 91.4 Å².